The maximum absolute atomic E-state index is 13.4. The smallest absolute Gasteiger partial charge is 0.228 e. The van der Waals surface area contributed by atoms with Crippen LogP contribution in [-0.2, 0) is 19.5 Å². The molecular formula is C26H29FN4O3. The number of hydrogen-bond acceptors (Lipinski definition) is 7. The van der Waals surface area contributed by atoms with E-state index in [-0.39, 0.29) is 11.6 Å². The van der Waals surface area contributed by atoms with Gasteiger partial charge >= 0.3 is 0 Å². The van der Waals surface area contributed by atoms with Crippen molar-refractivity contribution < 1.29 is 19.0 Å². The van der Waals surface area contributed by atoms with Crippen LogP contribution in [0, 0.1) is 5.82 Å². The monoisotopic (exact) mass is 464 g/mol. The molecule has 8 heteroatoms. The number of nitrogens with zero attached hydrogens (tertiary/aromatic N) is 4. The molecule has 3 heterocycles. The molecule has 0 unspecified atom stereocenters. The fraction of sp³-hybridized carbons (Fsp3) is 0.385. The molecule has 0 spiro atoms. The van der Waals surface area contributed by atoms with E-state index in [1.807, 2.05) is 12.1 Å². The van der Waals surface area contributed by atoms with E-state index >= 15 is 0 Å². The largest absolute Gasteiger partial charge is 0.504 e. The van der Waals surface area contributed by atoms with Crippen LogP contribution in [0.4, 0.5) is 10.3 Å². The number of halogens is 1. The molecule has 178 valence electrons. The van der Waals surface area contributed by atoms with E-state index in [2.05, 4.69) is 9.80 Å². The minimum absolute atomic E-state index is 0.162. The third kappa shape index (κ3) is 4.77. The summed E-state index contributed by atoms with van der Waals surface area (Å²) in [6.45, 7) is 3.83. The predicted molar refractivity (Wildman–Crippen MR) is 127 cm³/mol. The minimum Gasteiger partial charge on any atom is -0.504 e. The van der Waals surface area contributed by atoms with Crippen molar-refractivity contribution >= 4 is 5.95 Å². The van der Waals surface area contributed by atoms with Gasteiger partial charge in [0.25, 0.3) is 0 Å². The second-order valence-electron chi connectivity index (χ2n) is 8.79. The van der Waals surface area contributed by atoms with Crippen molar-refractivity contribution in [3.05, 3.63) is 65.1 Å². The van der Waals surface area contributed by atoms with Gasteiger partial charge in [-0.2, -0.15) is 4.98 Å². The van der Waals surface area contributed by atoms with Crippen LogP contribution in [0.5, 0.6) is 23.1 Å². The summed E-state index contributed by atoms with van der Waals surface area (Å²) in [5, 5.41) is 10.5. The number of phenolic OH excluding ortho intramolecular Hbond substituents is 1. The van der Waals surface area contributed by atoms with Crippen molar-refractivity contribution in [2.75, 3.05) is 31.6 Å². The molecular weight excluding hydrogens is 435 g/mol. The first-order chi connectivity index (χ1) is 16.6. The standard InChI is InChI=1S/C26H29FN4O3/c1-33-23-7-5-6-18(24(23)32)16-30-15-12-22-21(17-30)25(34-20-10-8-19(27)9-11-20)29-26(28-22)31-13-3-2-4-14-31/h5-11,32H,2-4,12-17H2,1H3. The van der Waals surface area contributed by atoms with Gasteiger partial charge in [-0.1, -0.05) is 12.1 Å². The molecule has 1 aromatic heterocycles. The molecule has 34 heavy (non-hydrogen) atoms. The first-order valence-corrected chi connectivity index (χ1v) is 11.8. The highest BCUT2D eigenvalue weighted by molar-refractivity contribution is 5.46. The van der Waals surface area contributed by atoms with E-state index in [0.717, 1.165) is 55.7 Å². The third-order valence-corrected chi connectivity index (χ3v) is 6.45. The van der Waals surface area contributed by atoms with Crippen LogP contribution in [0.2, 0.25) is 0 Å². The Labute approximate surface area is 198 Å². The van der Waals surface area contributed by atoms with Crippen LogP contribution >= 0.6 is 0 Å². The zero-order valence-electron chi connectivity index (χ0n) is 19.3. The molecule has 0 saturated carbocycles. The van der Waals surface area contributed by atoms with Crippen molar-refractivity contribution in [3.63, 3.8) is 0 Å². The fourth-order valence-corrected chi connectivity index (χ4v) is 4.60. The number of phenols is 1. The molecule has 1 fully saturated rings. The van der Waals surface area contributed by atoms with Gasteiger partial charge in [0, 0.05) is 44.7 Å². The molecule has 2 aliphatic rings. The van der Waals surface area contributed by atoms with Gasteiger partial charge < -0.3 is 19.5 Å². The van der Waals surface area contributed by atoms with E-state index in [0.29, 0.717) is 36.4 Å². The molecule has 0 radical (unpaired) electrons. The van der Waals surface area contributed by atoms with Gasteiger partial charge in [0.05, 0.1) is 18.4 Å². The average Bonchev–Trinajstić information content (AvgIpc) is 2.87. The number of fused-ring (bicyclic) bond motifs is 1. The van der Waals surface area contributed by atoms with Gasteiger partial charge in [0.15, 0.2) is 11.5 Å². The normalized spacial score (nSPS) is 16.2. The van der Waals surface area contributed by atoms with Crippen molar-refractivity contribution in [2.24, 2.45) is 0 Å². The number of aromatic nitrogens is 2. The summed E-state index contributed by atoms with van der Waals surface area (Å²) in [6, 6.07) is 11.5. The highest BCUT2D eigenvalue weighted by Crippen LogP contribution is 2.35. The first-order valence-electron chi connectivity index (χ1n) is 11.8. The lowest BCUT2D eigenvalue weighted by atomic mass is 10.0. The number of ether oxygens (including phenoxy) is 2. The lowest BCUT2D eigenvalue weighted by Crippen LogP contribution is -2.34. The van der Waals surface area contributed by atoms with Crippen LogP contribution in [-0.4, -0.2) is 46.7 Å². The minimum atomic E-state index is -0.310. The van der Waals surface area contributed by atoms with Crippen molar-refractivity contribution in [3.8, 4) is 23.1 Å². The molecule has 5 rings (SSSR count). The number of anilines is 1. The Kier molecular flexibility index (Phi) is 6.49. The second-order valence-corrected chi connectivity index (χ2v) is 8.79. The number of methoxy groups -OCH3 is 1. The molecule has 0 aliphatic carbocycles. The van der Waals surface area contributed by atoms with Crippen LogP contribution < -0.4 is 14.4 Å². The van der Waals surface area contributed by atoms with Crippen molar-refractivity contribution in [1.29, 1.82) is 0 Å². The summed E-state index contributed by atoms with van der Waals surface area (Å²) in [7, 11) is 1.55. The summed E-state index contributed by atoms with van der Waals surface area (Å²) < 4.78 is 24.9. The summed E-state index contributed by atoms with van der Waals surface area (Å²) in [5.41, 5.74) is 2.71. The van der Waals surface area contributed by atoms with Crippen LogP contribution in [0.15, 0.2) is 42.5 Å². The van der Waals surface area contributed by atoms with E-state index in [4.69, 9.17) is 19.4 Å². The van der Waals surface area contributed by atoms with E-state index in [9.17, 15) is 9.50 Å². The molecule has 1 N–H and O–H groups in total. The SMILES string of the molecule is COc1cccc(CN2CCc3nc(N4CCCCC4)nc(Oc4ccc(F)cc4)c3C2)c1O. The van der Waals surface area contributed by atoms with E-state index < -0.39 is 0 Å². The first kappa shape index (κ1) is 22.4. The number of rotatable bonds is 6. The van der Waals surface area contributed by atoms with Gasteiger partial charge in [0.2, 0.25) is 11.8 Å². The molecule has 2 aromatic carbocycles. The van der Waals surface area contributed by atoms with Gasteiger partial charge in [0.1, 0.15) is 11.6 Å². The Hall–Kier alpha value is -3.39. The Morgan fingerprint density at radius 2 is 1.79 bits per heavy atom. The second kappa shape index (κ2) is 9.85. The predicted octanol–water partition coefficient (Wildman–Crippen LogP) is 4.67. The number of hydrogen-bond donors (Lipinski definition) is 1. The molecule has 0 amide bonds. The highest BCUT2D eigenvalue weighted by Gasteiger charge is 2.26. The topological polar surface area (TPSA) is 71.0 Å². The summed E-state index contributed by atoms with van der Waals surface area (Å²) >= 11 is 0. The highest BCUT2D eigenvalue weighted by atomic mass is 19.1. The van der Waals surface area contributed by atoms with Crippen LogP contribution in [0.3, 0.4) is 0 Å². The van der Waals surface area contributed by atoms with Crippen LogP contribution in [0.25, 0.3) is 0 Å². The van der Waals surface area contributed by atoms with Crippen molar-refractivity contribution in [2.45, 2.75) is 38.8 Å². The van der Waals surface area contributed by atoms with Gasteiger partial charge in [-0.05, 0) is 49.6 Å². The number of para-hydroxylation sites is 1. The molecule has 0 bridgehead atoms. The lowest BCUT2D eigenvalue weighted by molar-refractivity contribution is 0.234. The summed E-state index contributed by atoms with van der Waals surface area (Å²) in [5.74, 6) is 2.07. The summed E-state index contributed by atoms with van der Waals surface area (Å²) in [4.78, 5) is 14.2. The average molecular weight is 465 g/mol. The van der Waals surface area contributed by atoms with E-state index in [1.165, 1.54) is 18.6 Å². The maximum atomic E-state index is 13.4. The van der Waals surface area contributed by atoms with E-state index in [1.54, 1.807) is 25.3 Å². The summed E-state index contributed by atoms with van der Waals surface area (Å²) in [6.07, 6.45) is 4.24. The molecule has 3 aromatic rings. The third-order valence-electron chi connectivity index (χ3n) is 6.45. The Bertz CT molecular complexity index is 1150. The molecule has 1 saturated heterocycles. The number of benzene rings is 2. The van der Waals surface area contributed by atoms with Gasteiger partial charge in [-0.15, -0.1) is 0 Å². The fourth-order valence-electron chi connectivity index (χ4n) is 4.60. The Balaban J connectivity index is 1.44. The molecule has 0 atom stereocenters. The van der Waals surface area contributed by atoms with Gasteiger partial charge in [-0.3, -0.25) is 4.90 Å². The number of aromatic hydroxyl groups is 1. The zero-order valence-corrected chi connectivity index (χ0v) is 19.3. The molecule has 2 aliphatic heterocycles. The van der Waals surface area contributed by atoms with Gasteiger partial charge in [-0.25, -0.2) is 9.37 Å². The quantitative estimate of drug-likeness (QED) is 0.568. The Morgan fingerprint density at radius 3 is 2.56 bits per heavy atom. The van der Waals surface area contributed by atoms with Crippen molar-refractivity contribution in [1.82, 2.24) is 14.9 Å². The maximum Gasteiger partial charge on any atom is 0.228 e. The zero-order chi connectivity index (χ0) is 23.5. The lowest BCUT2D eigenvalue weighted by Gasteiger charge is -2.32. The van der Waals surface area contributed by atoms with Crippen LogP contribution in [0.1, 0.15) is 36.1 Å². The Morgan fingerprint density at radius 1 is 1.00 bits per heavy atom. The number of piperidine rings is 1. The molecule has 7 nitrogen and oxygen atoms in total.